The minimum absolute atomic E-state index is 0.0222. The molecule has 128 valence electrons. The zero-order valence-electron chi connectivity index (χ0n) is 13.5. The van der Waals surface area contributed by atoms with Gasteiger partial charge < -0.3 is 9.64 Å². The van der Waals surface area contributed by atoms with Gasteiger partial charge in [-0.3, -0.25) is 4.18 Å². The van der Waals surface area contributed by atoms with E-state index in [4.69, 9.17) is 8.92 Å². The molecule has 1 saturated heterocycles. The SMILES string of the molecule is CCCCOC(=O)N1CC(COS(=O)(=O)c2ccc(C)cc2)C1. The number of ether oxygens (including phenoxy) is 1. The summed E-state index contributed by atoms with van der Waals surface area (Å²) >= 11 is 0. The van der Waals surface area contributed by atoms with Gasteiger partial charge in [0.1, 0.15) is 0 Å². The van der Waals surface area contributed by atoms with Crippen molar-refractivity contribution in [2.75, 3.05) is 26.3 Å². The van der Waals surface area contributed by atoms with Gasteiger partial charge in [0.05, 0.1) is 18.1 Å². The van der Waals surface area contributed by atoms with Crippen molar-refractivity contribution in [2.45, 2.75) is 31.6 Å². The maximum Gasteiger partial charge on any atom is 0.409 e. The van der Waals surface area contributed by atoms with E-state index in [1.54, 1.807) is 17.0 Å². The van der Waals surface area contributed by atoms with Gasteiger partial charge in [-0.1, -0.05) is 31.0 Å². The number of carbonyl (C=O) groups excluding carboxylic acids is 1. The standard InChI is InChI=1S/C16H23NO5S/c1-3-4-9-21-16(18)17-10-14(11-17)12-22-23(19,20)15-7-5-13(2)6-8-15/h5-8,14H,3-4,9-12H2,1-2H3. The first-order valence-electron chi connectivity index (χ1n) is 7.80. The topological polar surface area (TPSA) is 72.9 Å². The predicted octanol–water partition coefficient (Wildman–Crippen LogP) is 2.57. The van der Waals surface area contributed by atoms with Gasteiger partial charge in [-0.15, -0.1) is 0 Å². The molecule has 1 aliphatic heterocycles. The van der Waals surface area contributed by atoms with Crippen LogP contribution >= 0.6 is 0 Å². The first kappa shape index (κ1) is 17.7. The molecule has 0 radical (unpaired) electrons. The summed E-state index contributed by atoms with van der Waals surface area (Å²) in [7, 11) is -3.74. The van der Waals surface area contributed by atoms with E-state index < -0.39 is 10.1 Å². The fourth-order valence-corrected chi connectivity index (χ4v) is 3.16. The molecule has 6 nitrogen and oxygen atoms in total. The van der Waals surface area contributed by atoms with Crippen LogP contribution in [0, 0.1) is 12.8 Å². The lowest BCUT2D eigenvalue weighted by atomic mass is 10.0. The average Bonchev–Trinajstić information content (AvgIpc) is 2.46. The Morgan fingerprint density at radius 1 is 1.26 bits per heavy atom. The maximum absolute atomic E-state index is 12.1. The molecular weight excluding hydrogens is 318 g/mol. The third kappa shape index (κ3) is 4.94. The lowest BCUT2D eigenvalue weighted by Gasteiger charge is -2.37. The van der Waals surface area contributed by atoms with Crippen LogP contribution < -0.4 is 0 Å². The number of rotatable bonds is 7. The summed E-state index contributed by atoms with van der Waals surface area (Å²) in [4.78, 5) is 13.4. The highest BCUT2D eigenvalue weighted by molar-refractivity contribution is 7.86. The number of amides is 1. The number of nitrogens with zero attached hydrogens (tertiary/aromatic N) is 1. The van der Waals surface area contributed by atoms with Gasteiger partial charge in [0.2, 0.25) is 0 Å². The van der Waals surface area contributed by atoms with E-state index in [2.05, 4.69) is 0 Å². The van der Waals surface area contributed by atoms with Crippen molar-refractivity contribution in [3.8, 4) is 0 Å². The van der Waals surface area contributed by atoms with Crippen molar-refractivity contribution >= 4 is 16.2 Å². The molecule has 1 aromatic rings. The van der Waals surface area contributed by atoms with Gasteiger partial charge in [-0.25, -0.2) is 4.79 Å². The first-order valence-corrected chi connectivity index (χ1v) is 9.21. The second kappa shape index (κ2) is 7.79. The molecule has 0 aromatic heterocycles. The summed E-state index contributed by atoms with van der Waals surface area (Å²) in [6.45, 7) is 5.35. The Bertz CT molecular complexity index is 620. The Labute approximate surface area is 137 Å². The molecule has 1 aromatic carbocycles. The molecule has 1 heterocycles. The zero-order chi connectivity index (χ0) is 16.9. The Kier molecular flexibility index (Phi) is 6.01. The van der Waals surface area contributed by atoms with Crippen LogP contribution in [0.1, 0.15) is 25.3 Å². The minimum Gasteiger partial charge on any atom is -0.449 e. The smallest absolute Gasteiger partial charge is 0.409 e. The largest absolute Gasteiger partial charge is 0.449 e. The van der Waals surface area contributed by atoms with E-state index in [9.17, 15) is 13.2 Å². The van der Waals surface area contributed by atoms with Crippen molar-refractivity contribution < 1.29 is 22.1 Å². The van der Waals surface area contributed by atoms with Gasteiger partial charge >= 0.3 is 6.09 Å². The van der Waals surface area contributed by atoms with Crippen molar-refractivity contribution in [2.24, 2.45) is 5.92 Å². The van der Waals surface area contributed by atoms with Gasteiger partial charge in [-0.05, 0) is 25.5 Å². The number of unbranched alkanes of at least 4 members (excludes halogenated alkanes) is 1. The molecule has 2 rings (SSSR count). The van der Waals surface area contributed by atoms with Crippen LogP contribution in [0.4, 0.5) is 4.79 Å². The van der Waals surface area contributed by atoms with E-state index >= 15 is 0 Å². The Morgan fingerprint density at radius 2 is 1.91 bits per heavy atom. The van der Waals surface area contributed by atoms with Crippen molar-refractivity contribution in [3.05, 3.63) is 29.8 Å². The number of carbonyl (C=O) groups is 1. The summed E-state index contributed by atoms with van der Waals surface area (Å²) in [6.07, 6.45) is 1.48. The van der Waals surface area contributed by atoms with Crippen LogP contribution in [-0.4, -0.2) is 45.7 Å². The minimum atomic E-state index is -3.74. The van der Waals surface area contributed by atoms with Crippen LogP contribution in [0.15, 0.2) is 29.2 Å². The fourth-order valence-electron chi connectivity index (χ4n) is 2.18. The van der Waals surface area contributed by atoms with Crippen molar-refractivity contribution in [1.29, 1.82) is 0 Å². The zero-order valence-corrected chi connectivity index (χ0v) is 14.3. The molecule has 0 aliphatic carbocycles. The molecule has 0 atom stereocenters. The number of benzene rings is 1. The van der Waals surface area contributed by atoms with Gasteiger partial charge in [0, 0.05) is 19.0 Å². The first-order chi connectivity index (χ1) is 10.9. The van der Waals surface area contributed by atoms with E-state index in [0.717, 1.165) is 18.4 Å². The molecule has 0 unspecified atom stereocenters. The van der Waals surface area contributed by atoms with Crippen LogP contribution in [0.3, 0.4) is 0 Å². The third-order valence-corrected chi connectivity index (χ3v) is 5.00. The summed E-state index contributed by atoms with van der Waals surface area (Å²) in [5.41, 5.74) is 0.986. The van der Waals surface area contributed by atoms with Gasteiger partial charge in [-0.2, -0.15) is 8.42 Å². The highest BCUT2D eigenvalue weighted by atomic mass is 32.2. The summed E-state index contributed by atoms with van der Waals surface area (Å²) < 4.78 is 34.3. The van der Waals surface area contributed by atoms with Gasteiger partial charge in [0.25, 0.3) is 10.1 Å². The maximum atomic E-state index is 12.1. The molecule has 23 heavy (non-hydrogen) atoms. The van der Waals surface area contributed by atoms with E-state index in [1.807, 2.05) is 13.8 Å². The quantitative estimate of drug-likeness (QED) is 0.563. The molecule has 1 amide bonds. The lowest BCUT2D eigenvalue weighted by Crippen LogP contribution is -2.52. The molecule has 0 N–H and O–H groups in total. The molecule has 0 bridgehead atoms. The fraction of sp³-hybridized carbons (Fsp3) is 0.562. The van der Waals surface area contributed by atoms with Crippen molar-refractivity contribution in [1.82, 2.24) is 4.90 Å². The number of aryl methyl sites for hydroxylation is 1. The monoisotopic (exact) mass is 341 g/mol. The summed E-state index contributed by atoms with van der Waals surface area (Å²) in [5.74, 6) is 0.0222. The number of likely N-dealkylation sites (tertiary alicyclic amines) is 1. The highest BCUT2D eigenvalue weighted by Crippen LogP contribution is 2.20. The summed E-state index contributed by atoms with van der Waals surface area (Å²) in [6, 6.07) is 6.52. The lowest BCUT2D eigenvalue weighted by molar-refractivity contribution is 0.0383. The second-order valence-corrected chi connectivity index (χ2v) is 7.41. The number of hydrogen-bond donors (Lipinski definition) is 0. The van der Waals surface area contributed by atoms with E-state index in [0.29, 0.717) is 19.7 Å². The van der Waals surface area contributed by atoms with E-state index in [-0.39, 0.29) is 23.5 Å². The predicted molar refractivity (Wildman–Crippen MR) is 85.6 cm³/mol. The molecule has 1 aliphatic rings. The molecule has 1 fully saturated rings. The Morgan fingerprint density at radius 3 is 2.52 bits per heavy atom. The molecular formula is C16H23NO5S. The third-order valence-electron chi connectivity index (χ3n) is 3.71. The van der Waals surface area contributed by atoms with Crippen molar-refractivity contribution in [3.63, 3.8) is 0 Å². The molecule has 0 spiro atoms. The average molecular weight is 341 g/mol. The van der Waals surface area contributed by atoms with Crippen LogP contribution in [0.5, 0.6) is 0 Å². The summed E-state index contributed by atoms with van der Waals surface area (Å²) in [5, 5.41) is 0. The molecule has 0 saturated carbocycles. The highest BCUT2D eigenvalue weighted by Gasteiger charge is 2.33. The van der Waals surface area contributed by atoms with Crippen LogP contribution in [-0.2, 0) is 19.0 Å². The Hall–Kier alpha value is -1.60. The Balaban J connectivity index is 1.74. The van der Waals surface area contributed by atoms with Gasteiger partial charge in [0.15, 0.2) is 0 Å². The van der Waals surface area contributed by atoms with E-state index in [1.165, 1.54) is 12.1 Å². The second-order valence-electron chi connectivity index (χ2n) is 5.79. The van der Waals surface area contributed by atoms with Crippen LogP contribution in [0.25, 0.3) is 0 Å². The number of hydrogen-bond acceptors (Lipinski definition) is 5. The normalized spacial score (nSPS) is 15.3. The molecule has 7 heteroatoms. The van der Waals surface area contributed by atoms with Crippen LogP contribution in [0.2, 0.25) is 0 Å².